The van der Waals surface area contributed by atoms with Crippen molar-refractivity contribution < 1.29 is 9.90 Å². The molecule has 1 heterocycles. The van der Waals surface area contributed by atoms with E-state index in [1.54, 1.807) is 13.8 Å². The van der Waals surface area contributed by atoms with E-state index in [4.69, 9.17) is 5.73 Å². The van der Waals surface area contributed by atoms with Crippen molar-refractivity contribution in [3.63, 3.8) is 0 Å². The average Bonchev–Trinajstić information content (AvgIpc) is 2.57. The summed E-state index contributed by atoms with van der Waals surface area (Å²) in [6.07, 6.45) is 1.69. The molecule has 1 rings (SSSR count). The summed E-state index contributed by atoms with van der Waals surface area (Å²) in [7, 11) is 0. The minimum Gasteiger partial charge on any atom is -0.395 e. The van der Waals surface area contributed by atoms with Crippen LogP contribution < -0.4 is 11.1 Å². The number of nitrogens with one attached hydrogen (secondary N) is 2. The lowest BCUT2D eigenvalue weighted by Crippen LogP contribution is -2.38. The van der Waals surface area contributed by atoms with Gasteiger partial charge in [0.2, 0.25) is 0 Å². The maximum Gasteiger partial charge on any atom is 0.274 e. The Morgan fingerprint density at radius 2 is 2.24 bits per heavy atom. The number of nitrogens with two attached hydrogens (primary N) is 1. The third-order valence-electron chi connectivity index (χ3n) is 2.28. The number of aromatic nitrogens is 2. The van der Waals surface area contributed by atoms with E-state index in [9.17, 15) is 9.90 Å². The standard InChI is InChI=1S/C11H20N4O2/c1-4-5-7-8(12)9(15-14-7)10(16)13-6-11(2,3)17/h17H,4-6,12H2,1-3H3,(H,13,16)(H,14,15). The minimum absolute atomic E-state index is 0.154. The van der Waals surface area contributed by atoms with Crippen LogP contribution in [0.1, 0.15) is 43.4 Å². The molecule has 96 valence electrons. The molecule has 0 aromatic carbocycles. The minimum atomic E-state index is -0.951. The third-order valence-corrected chi connectivity index (χ3v) is 2.28. The van der Waals surface area contributed by atoms with Crippen LogP contribution in [-0.4, -0.2) is 33.4 Å². The van der Waals surface area contributed by atoms with Gasteiger partial charge in [-0.1, -0.05) is 13.3 Å². The highest BCUT2D eigenvalue weighted by atomic mass is 16.3. The molecule has 0 radical (unpaired) electrons. The van der Waals surface area contributed by atoms with Crippen LogP contribution in [0.4, 0.5) is 5.69 Å². The lowest BCUT2D eigenvalue weighted by atomic mass is 10.1. The molecule has 0 unspecified atom stereocenters. The molecule has 0 fully saturated rings. The molecule has 1 aromatic rings. The molecule has 6 nitrogen and oxygen atoms in total. The Morgan fingerprint density at radius 1 is 1.59 bits per heavy atom. The van der Waals surface area contributed by atoms with Gasteiger partial charge in [0.15, 0.2) is 5.69 Å². The van der Waals surface area contributed by atoms with Crippen molar-refractivity contribution in [3.8, 4) is 0 Å². The number of anilines is 1. The van der Waals surface area contributed by atoms with Crippen molar-refractivity contribution in [1.29, 1.82) is 0 Å². The normalized spacial score (nSPS) is 11.5. The van der Waals surface area contributed by atoms with E-state index in [-0.39, 0.29) is 18.1 Å². The first-order valence-electron chi connectivity index (χ1n) is 5.68. The lowest BCUT2D eigenvalue weighted by Gasteiger charge is -2.17. The highest BCUT2D eigenvalue weighted by Crippen LogP contribution is 2.15. The van der Waals surface area contributed by atoms with Gasteiger partial charge in [0, 0.05) is 6.54 Å². The quantitative estimate of drug-likeness (QED) is 0.599. The predicted molar refractivity (Wildman–Crippen MR) is 65.6 cm³/mol. The molecule has 0 bridgehead atoms. The van der Waals surface area contributed by atoms with E-state index in [1.807, 2.05) is 6.92 Å². The summed E-state index contributed by atoms with van der Waals surface area (Å²) < 4.78 is 0. The van der Waals surface area contributed by atoms with Crippen LogP contribution in [0.5, 0.6) is 0 Å². The number of hydrogen-bond donors (Lipinski definition) is 4. The van der Waals surface area contributed by atoms with Gasteiger partial charge < -0.3 is 16.2 Å². The highest BCUT2D eigenvalue weighted by molar-refractivity contribution is 5.97. The molecule has 1 amide bonds. The Labute approximate surface area is 101 Å². The zero-order valence-corrected chi connectivity index (χ0v) is 10.5. The Hall–Kier alpha value is -1.56. The molecule has 5 N–H and O–H groups in total. The average molecular weight is 240 g/mol. The Balaban J connectivity index is 2.70. The first-order valence-corrected chi connectivity index (χ1v) is 5.68. The molecule has 17 heavy (non-hydrogen) atoms. The SMILES string of the molecule is CCCc1[nH]nc(C(=O)NCC(C)(C)O)c1N. The van der Waals surface area contributed by atoms with Crippen molar-refractivity contribution in [3.05, 3.63) is 11.4 Å². The summed E-state index contributed by atoms with van der Waals surface area (Å²) in [6.45, 7) is 5.41. The highest BCUT2D eigenvalue weighted by Gasteiger charge is 2.19. The van der Waals surface area contributed by atoms with Gasteiger partial charge >= 0.3 is 0 Å². The number of amides is 1. The van der Waals surface area contributed by atoms with Gasteiger partial charge in [-0.15, -0.1) is 0 Å². The third kappa shape index (κ3) is 3.74. The summed E-state index contributed by atoms with van der Waals surface area (Å²) in [5, 5.41) is 18.7. The number of carbonyl (C=O) groups is 1. The van der Waals surface area contributed by atoms with Crippen LogP contribution in [0.25, 0.3) is 0 Å². The van der Waals surface area contributed by atoms with Gasteiger partial charge in [-0.25, -0.2) is 0 Å². The fourth-order valence-electron chi connectivity index (χ4n) is 1.38. The van der Waals surface area contributed by atoms with Crippen molar-refractivity contribution >= 4 is 11.6 Å². The summed E-state index contributed by atoms with van der Waals surface area (Å²) >= 11 is 0. The second kappa shape index (κ2) is 5.18. The van der Waals surface area contributed by atoms with Gasteiger partial charge in [-0.3, -0.25) is 9.89 Å². The Bertz CT molecular complexity index is 393. The lowest BCUT2D eigenvalue weighted by molar-refractivity contribution is 0.0692. The largest absolute Gasteiger partial charge is 0.395 e. The van der Waals surface area contributed by atoms with Gasteiger partial charge in [0.1, 0.15) is 0 Å². The molecule has 1 aromatic heterocycles. The number of aliphatic hydroxyl groups is 1. The van der Waals surface area contributed by atoms with Crippen LogP contribution >= 0.6 is 0 Å². The summed E-state index contributed by atoms with van der Waals surface area (Å²) in [6, 6.07) is 0. The zero-order chi connectivity index (χ0) is 13.1. The molecular weight excluding hydrogens is 220 g/mol. The second-order valence-corrected chi connectivity index (χ2v) is 4.71. The second-order valence-electron chi connectivity index (χ2n) is 4.71. The van der Waals surface area contributed by atoms with Crippen molar-refractivity contribution in [2.24, 2.45) is 0 Å². The smallest absolute Gasteiger partial charge is 0.274 e. The first kappa shape index (κ1) is 13.5. The van der Waals surface area contributed by atoms with E-state index < -0.39 is 5.60 Å². The van der Waals surface area contributed by atoms with Crippen LogP contribution in [0.15, 0.2) is 0 Å². The molecule has 6 heteroatoms. The van der Waals surface area contributed by atoms with E-state index in [0.717, 1.165) is 18.5 Å². The van der Waals surface area contributed by atoms with E-state index in [1.165, 1.54) is 0 Å². The molecule has 0 spiro atoms. The van der Waals surface area contributed by atoms with E-state index in [2.05, 4.69) is 15.5 Å². The first-order chi connectivity index (χ1) is 7.85. The van der Waals surface area contributed by atoms with Crippen LogP contribution in [0.3, 0.4) is 0 Å². The van der Waals surface area contributed by atoms with Gasteiger partial charge in [0.05, 0.1) is 17.0 Å². The Morgan fingerprint density at radius 3 is 2.76 bits per heavy atom. The number of nitrogen functional groups attached to an aromatic ring is 1. The van der Waals surface area contributed by atoms with Crippen molar-refractivity contribution in [1.82, 2.24) is 15.5 Å². The topological polar surface area (TPSA) is 104 Å². The Kier molecular flexibility index (Phi) is 4.11. The van der Waals surface area contributed by atoms with Crippen LogP contribution in [0.2, 0.25) is 0 Å². The van der Waals surface area contributed by atoms with Gasteiger partial charge in [0.25, 0.3) is 5.91 Å². The maximum absolute atomic E-state index is 11.7. The summed E-state index contributed by atoms with van der Waals surface area (Å²) in [5.41, 5.74) is 6.22. The van der Waals surface area contributed by atoms with Crippen molar-refractivity contribution in [2.75, 3.05) is 12.3 Å². The maximum atomic E-state index is 11.7. The summed E-state index contributed by atoms with van der Waals surface area (Å²) in [5.74, 6) is -0.372. The van der Waals surface area contributed by atoms with E-state index >= 15 is 0 Å². The van der Waals surface area contributed by atoms with Gasteiger partial charge in [-0.05, 0) is 20.3 Å². The number of aromatic amines is 1. The van der Waals surface area contributed by atoms with Crippen molar-refractivity contribution in [2.45, 2.75) is 39.2 Å². The molecule has 0 aliphatic rings. The molecular formula is C11H20N4O2. The number of hydrogen-bond acceptors (Lipinski definition) is 4. The molecule has 0 atom stereocenters. The van der Waals surface area contributed by atoms with Crippen LogP contribution in [-0.2, 0) is 6.42 Å². The molecule has 0 aliphatic carbocycles. The predicted octanol–water partition coefficient (Wildman–Crippen LogP) is 0.445. The zero-order valence-electron chi connectivity index (χ0n) is 10.5. The molecule has 0 aliphatic heterocycles. The number of nitrogens with zero attached hydrogens (tertiary/aromatic N) is 1. The summed E-state index contributed by atoms with van der Waals surface area (Å²) in [4.78, 5) is 11.7. The number of rotatable bonds is 5. The number of aryl methyl sites for hydroxylation is 1. The molecule has 0 saturated carbocycles. The van der Waals surface area contributed by atoms with E-state index in [0.29, 0.717) is 5.69 Å². The van der Waals surface area contributed by atoms with Gasteiger partial charge in [-0.2, -0.15) is 5.10 Å². The number of H-pyrrole nitrogens is 1. The fraction of sp³-hybridized carbons (Fsp3) is 0.636. The monoisotopic (exact) mass is 240 g/mol. The number of carbonyl (C=O) groups excluding carboxylic acids is 1. The fourth-order valence-corrected chi connectivity index (χ4v) is 1.38. The molecule has 0 saturated heterocycles. The van der Waals surface area contributed by atoms with Crippen LogP contribution in [0, 0.1) is 0 Å².